The molecular formula is C9H17NO3. The summed E-state index contributed by atoms with van der Waals surface area (Å²) in [6.45, 7) is 7.47. The van der Waals surface area contributed by atoms with Crippen LogP contribution in [0.4, 0.5) is 0 Å². The summed E-state index contributed by atoms with van der Waals surface area (Å²) in [5.41, 5.74) is -0.610. The van der Waals surface area contributed by atoms with E-state index >= 15 is 0 Å². The molecule has 0 saturated heterocycles. The van der Waals surface area contributed by atoms with Crippen molar-refractivity contribution in [2.24, 2.45) is 0 Å². The van der Waals surface area contributed by atoms with Crippen molar-refractivity contribution < 1.29 is 14.3 Å². The molecule has 0 radical (unpaired) electrons. The van der Waals surface area contributed by atoms with E-state index in [0.717, 1.165) is 0 Å². The zero-order chi connectivity index (χ0) is 10.6. The second-order valence-electron chi connectivity index (χ2n) is 3.82. The molecule has 0 heterocycles. The number of nitrogens with zero attached hydrogens (tertiary/aromatic N) is 1. The Bertz CT molecular complexity index is 205. The van der Waals surface area contributed by atoms with Gasteiger partial charge in [-0.05, 0) is 27.7 Å². The van der Waals surface area contributed by atoms with Crippen LogP contribution in [-0.2, 0) is 14.3 Å². The SMILES string of the molecule is CCN(C)C(=O)C(=O)OC(C)(C)C. The summed E-state index contributed by atoms with van der Waals surface area (Å²) in [5, 5.41) is 0. The maximum absolute atomic E-state index is 11.2. The largest absolute Gasteiger partial charge is 0.453 e. The second kappa shape index (κ2) is 4.25. The first kappa shape index (κ1) is 11.9. The fourth-order valence-corrected chi connectivity index (χ4v) is 0.621. The van der Waals surface area contributed by atoms with Crippen molar-refractivity contribution in [2.75, 3.05) is 13.6 Å². The molecule has 4 nitrogen and oxygen atoms in total. The van der Waals surface area contributed by atoms with Crippen LogP contribution in [0, 0.1) is 0 Å². The molecule has 0 fully saturated rings. The highest BCUT2D eigenvalue weighted by molar-refractivity contribution is 6.32. The van der Waals surface area contributed by atoms with Gasteiger partial charge >= 0.3 is 11.9 Å². The second-order valence-corrected chi connectivity index (χ2v) is 3.82. The van der Waals surface area contributed by atoms with Crippen LogP contribution < -0.4 is 0 Å². The summed E-state index contributed by atoms with van der Waals surface area (Å²) in [5.74, 6) is -1.39. The average Bonchev–Trinajstić information content (AvgIpc) is 1.98. The molecule has 0 aliphatic carbocycles. The lowest BCUT2D eigenvalue weighted by Crippen LogP contribution is -2.38. The third kappa shape index (κ3) is 4.50. The van der Waals surface area contributed by atoms with Crippen molar-refractivity contribution in [3.63, 3.8) is 0 Å². The molecule has 1 amide bonds. The Hall–Kier alpha value is -1.06. The van der Waals surface area contributed by atoms with Crippen molar-refractivity contribution >= 4 is 11.9 Å². The van der Waals surface area contributed by atoms with E-state index in [2.05, 4.69) is 0 Å². The fourth-order valence-electron chi connectivity index (χ4n) is 0.621. The molecule has 4 heteroatoms. The molecule has 0 spiro atoms. The van der Waals surface area contributed by atoms with E-state index in [1.807, 2.05) is 0 Å². The van der Waals surface area contributed by atoms with Crippen LogP contribution in [0.25, 0.3) is 0 Å². The predicted octanol–water partition coefficient (Wildman–Crippen LogP) is 0.806. The molecular weight excluding hydrogens is 170 g/mol. The standard InChI is InChI=1S/C9H17NO3/c1-6-10(5)7(11)8(12)13-9(2,3)4/h6H2,1-5H3. The summed E-state index contributed by atoms with van der Waals surface area (Å²) in [6.07, 6.45) is 0. The number of rotatable bonds is 1. The van der Waals surface area contributed by atoms with Gasteiger partial charge in [-0.1, -0.05) is 0 Å². The van der Waals surface area contributed by atoms with Gasteiger partial charge in [-0.15, -0.1) is 0 Å². The van der Waals surface area contributed by atoms with Crippen LogP contribution in [0.3, 0.4) is 0 Å². The minimum atomic E-state index is -0.795. The maximum atomic E-state index is 11.2. The summed E-state index contributed by atoms with van der Waals surface area (Å²) < 4.78 is 4.89. The van der Waals surface area contributed by atoms with Gasteiger partial charge in [0.15, 0.2) is 0 Å². The topological polar surface area (TPSA) is 46.6 Å². The minimum absolute atomic E-state index is 0.498. The van der Waals surface area contributed by atoms with Crippen LogP contribution in [0.2, 0.25) is 0 Å². The van der Waals surface area contributed by atoms with E-state index in [1.165, 1.54) is 4.90 Å². The number of esters is 1. The first-order valence-corrected chi connectivity index (χ1v) is 4.26. The van der Waals surface area contributed by atoms with Crippen molar-refractivity contribution in [1.29, 1.82) is 0 Å². The minimum Gasteiger partial charge on any atom is -0.453 e. The normalized spacial score (nSPS) is 10.8. The van der Waals surface area contributed by atoms with Crippen LogP contribution in [0.5, 0.6) is 0 Å². The summed E-state index contributed by atoms with van der Waals surface area (Å²) in [6, 6.07) is 0. The highest BCUT2D eigenvalue weighted by atomic mass is 16.6. The quantitative estimate of drug-likeness (QED) is 0.450. The van der Waals surface area contributed by atoms with E-state index in [1.54, 1.807) is 34.7 Å². The van der Waals surface area contributed by atoms with E-state index < -0.39 is 17.5 Å². The van der Waals surface area contributed by atoms with Crippen molar-refractivity contribution in [3.05, 3.63) is 0 Å². The lowest BCUT2D eigenvalue weighted by molar-refractivity contribution is -0.167. The van der Waals surface area contributed by atoms with Gasteiger partial charge in [-0.3, -0.25) is 4.79 Å². The van der Waals surface area contributed by atoms with Crippen LogP contribution in [0.15, 0.2) is 0 Å². The van der Waals surface area contributed by atoms with E-state index in [-0.39, 0.29) is 0 Å². The lowest BCUT2D eigenvalue weighted by atomic mass is 10.2. The molecule has 0 aromatic rings. The van der Waals surface area contributed by atoms with Gasteiger partial charge in [0.1, 0.15) is 5.60 Å². The Morgan fingerprint density at radius 1 is 1.31 bits per heavy atom. The molecule has 0 rings (SSSR count). The molecule has 13 heavy (non-hydrogen) atoms. The third-order valence-corrected chi connectivity index (χ3v) is 1.39. The molecule has 0 atom stereocenters. The molecule has 0 aliphatic heterocycles. The van der Waals surface area contributed by atoms with Gasteiger partial charge in [-0.25, -0.2) is 4.79 Å². The summed E-state index contributed by atoms with van der Waals surface area (Å²) >= 11 is 0. The highest BCUT2D eigenvalue weighted by Gasteiger charge is 2.24. The molecule has 0 aromatic heterocycles. The van der Waals surface area contributed by atoms with Crippen molar-refractivity contribution in [3.8, 4) is 0 Å². The number of carbonyl (C=O) groups excluding carboxylic acids is 2. The van der Waals surface area contributed by atoms with Gasteiger partial charge in [0.2, 0.25) is 0 Å². The number of ether oxygens (including phenoxy) is 1. The Kier molecular flexibility index (Phi) is 3.91. The molecule has 0 aliphatic rings. The zero-order valence-corrected chi connectivity index (χ0v) is 8.88. The van der Waals surface area contributed by atoms with Crippen LogP contribution >= 0.6 is 0 Å². The van der Waals surface area contributed by atoms with Crippen molar-refractivity contribution in [1.82, 2.24) is 4.90 Å². The Balaban J connectivity index is 4.21. The van der Waals surface area contributed by atoms with E-state index in [0.29, 0.717) is 6.54 Å². The van der Waals surface area contributed by atoms with Crippen LogP contribution in [-0.4, -0.2) is 36.0 Å². The molecule has 0 bridgehead atoms. The monoisotopic (exact) mass is 187 g/mol. The molecule has 0 aromatic carbocycles. The summed E-state index contributed by atoms with van der Waals surface area (Å²) in [4.78, 5) is 23.7. The average molecular weight is 187 g/mol. The van der Waals surface area contributed by atoms with Gasteiger partial charge in [-0.2, -0.15) is 0 Å². The first-order valence-electron chi connectivity index (χ1n) is 4.26. The summed E-state index contributed by atoms with van der Waals surface area (Å²) in [7, 11) is 1.56. The number of hydrogen-bond acceptors (Lipinski definition) is 3. The number of hydrogen-bond donors (Lipinski definition) is 0. The number of carbonyl (C=O) groups is 2. The maximum Gasteiger partial charge on any atom is 0.397 e. The van der Waals surface area contributed by atoms with Gasteiger partial charge < -0.3 is 9.64 Å². The zero-order valence-electron chi connectivity index (χ0n) is 8.88. The predicted molar refractivity (Wildman–Crippen MR) is 49.2 cm³/mol. The number of amides is 1. The number of likely N-dealkylation sites (N-methyl/N-ethyl adjacent to an activating group) is 1. The van der Waals surface area contributed by atoms with Gasteiger partial charge in [0.25, 0.3) is 0 Å². The van der Waals surface area contributed by atoms with E-state index in [9.17, 15) is 9.59 Å². The molecule has 0 unspecified atom stereocenters. The Labute approximate surface area is 78.9 Å². The Morgan fingerprint density at radius 2 is 1.77 bits per heavy atom. The first-order chi connectivity index (χ1) is 5.78. The Morgan fingerprint density at radius 3 is 2.08 bits per heavy atom. The molecule has 0 saturated carbocycles. The molecule has 76 valence electrons. The highest BCUT2D eigenvalue weighted by Crippen LogP contribution is 2.07. The van der Waals surface area contributed by atoms with E-state index in [4.69, 9.17) is 4.74 Å². The third-order valence-electron chi connectivity index (χ3n) is 1.39. The molecule has 0 N–H and O–H groups in total. The van der Waals surface area contributed by atoms with Crippen LogP contribution in [0.1, 0.15) is 27.7 Å². The van der Waals surface area contributed by atoms with Gasteiger partial charge in [0, 0.05) is 13.6 Å². The fraction of sp³-hybridized carbons (Fsp3) is 0.778. The lowest BCUT2D eigenvalue weighted by Gasteiger charge is -2.21. The smallest absolute Gasteiger partial charge is 0.397 e. The van der Waals surface area contributed by atoms with Crippen molar-refractivity contribution in [2.45, 2.75) is 33.3 Å². The van der Waals surface area contributed by atoms with Gasteiger partial charge in [0.05, 0.1) is 0 Å².